The summed E-state index contributed by atoms with van der Waals surface area (Å²) in [5.41, 5.74) is 1.05. The Labute approximate surface area is 93.2 Å². The zero-order valence-electron chi connectivity index (χ0n) is 7.59. The molecule has 1 aliphatic heterocycles. The summed E-state index contributed by atoms with van der Waals surface area (Å²) < 4.78 is 5.44. The number of rotatable bonds is 2. The summed E-state index contributed by atoms with van der Waals surface area (Å²) in [4.78, 5) is 0. The molecule has 14 heavy (non-hydrogen) atoms. The fourth-order valence-electron chi connectivity index (χ4n) is 1.54. The highest BCUT2D eigenvalue weighted by atomic mass is 35.5. The largest absolute Gasteiger partial charge is 0.361 e. The lowest BCUT2D eigenvalue weighted by Crippen LogP contribution is -2.16. The van der Waals surface area contributed by atoms with Gasteiger partial charge in [-0.05, 0) is 11.6 Å². The maximum atomic E-state index is 6.06. The van der Waals surface area contributed by atoms with Crippen molar-refractivity contribution in [1.82, 2.24) is 5.32 Å². The van der Waals surface area contributed by atoms with Crippen molar-refractivity contribution in [3.63, 3.8) is 0 Å². The Morgan fingerprint density at radius 1 is 1.43 bits per heavy atom. The van der Waals surface area contributed by atoms with Crippen molar-refractivity contribution in [2.24, 2.45) is 0 Å². The van der Waals surface area contributed by atoms with Crippen molar-refractivity contribution in [1.29, 1.82) is 0 Å². The zero-order valence-corrected chi connectivity index (χ0v) is 9.11. The quantitative estimate of drug-likeness (QED) is 0.845. The summed E-state index contributed by atoms with van der Waals surface area (Å²) in [6.07, 6.45) is 1.03. The Hall–Kier alpha value is -0.280. The van der Waals surface area contributed by atoms with Crippen LogP contribution in [-0.4, -0.2) is 19.4 Å². The molecular weight excluding hydrogens is 221 g/mol. The molecule has 76 valence electrons. The van der Waals surface area contributed by atoms with Gasteiger partial charge in [-0.2, -0.15) is 0 Å². The van der Waals surface area contributed by atoms with Crippen molar-refractivity contribution in [3.8, 4) is 0 Å². The minimum Gasteiger partial charge on any atom is -0.361 e. The van der Waals surface area contributed by atoms with E-state index < -0.39 is 0 Å². The Balaban J connectivity index is 2.11. The van der Waals surface area contributed by atoms with Gasteiger partial charge in [-0.15, -0.1) is 0 Å². The lowest BCUT2D eigenvalue weighted by atomic mass is 10.1. The van der Waals surface area contributed by atoms with E-state index in [1.165, 1.54) is 0 Å². The summed E-state index contributed by atoms with van der Waals surface area (Å²) in [7, 11) is 0. The van der Waals surface area contributed by atoms with Crippen LogP contribution in [0.4, 0.5) is 0 Å². The molecular formula is C10H11Cl2NO. The summed E-state index contributed by atoms with van der Waals surface area (Å²) in [5.74, 6) is 0. The molecule has 0 bridgehead atoms. The van der Waals surface area contributed by atoms with Crippen LogP contribution in [0.25, 0.3) is 0 Å². The van der Waals surface area contributed by atoms with Crippen LogP contribution in [0.5, 0.6) is 0 Å². The maximum Gasteiger partial charge on any atom is 0.0970 e. The molecule has 0 saturated carbocycles. The van der Waals surface area contributed by atoms with E-state index in [-0.39, 0.29) is 6.10 Å². The molecule has 1 aromatic carbocycles. The predicted molar refractivity (Wildman–Crippen MR) is 57.9 cm³/mol. The van der Waals surface area contributed by atoms with Gasteiger partial charge in [0.15, 0.2) is 0 Å². The van der Waals surface area contributed by atoms with Gasteiger partial charge in [-0.25, -0.2) is 0 Å². The number of halogens is 2. The lowest BCUT2D eigenvalue weighted by Gasteiger charge is -2.10. The van der Waals surface area contributed by atoms with Gasteiger partial charge in [0.25, 0.3) is 0 Å². The van der Waals surface area contributed by atoms with Crippen molar-refractivity contribution in [2.45, 2.75) is 12.5 Å². The van der Waals surface area contributed by atoms with Crippen LogP contribution in [0.2, 0.25) is 10.0 Å². The van der Waals surface area contributed by atoms with Gasteiger partial charge in [0, 0.05) is 13.0 Å². The molecule has 4 heteroatoms. The minimum absolute atomic E-state index is 0.214. The third-order valence-electron chi connectivity index (χ3n) is 2.27. The molecule has 0 aliphatic carbocycles. The fourth-order valence-corrected chi connectivity index (χ4v) is 1.94. The topological polar surface area (TPSA) is 21.3 Å². The second kappa shape index (κ2) is 4.49. The number of hydrogen-bond donors (Lipinski definition) is 1. The molecule has 1 heterocycles. The molecule has 1 N–H and O–H groups in total. The average Bonchev–Trinajstić information content (AvgIpc) is 2.66. The smallest absolute Gasteiger partial charge is 0.0970 e. The second-order valence-corrected chi connectivity index (χ2v) is 4.09. The van der Waals surface area contributed by atoms with E-state index in [2.05, 4.69) is 5.32 Å². The number of hydrogen-bond acceptors (Lipinski definition) is 2. The van der Waals surface area contributed by atoms with Crippen LogP contribution in [0.1, 0.15) is 5.56 Å². The molecule has 0 aromatic heterocycles. The van der Waals surface area contributed by atoms with Crippen LogP contribution in [-0.2, 0) is 11.2 Å². The summed E-state index contributed by atoms with van der Waals surface area (Å²) in [6, 6.07) is 5.68. The minimum atomic E-state index is 0.214. The standard InChI is InChI=1S/C10H11Cl2NO/c11-9-3-1-2-7(10(9)12)4-8-5-13-6-14-8/h1-3,8,13H,4-6H2. The lowest BCUT2D eigenvalue weighted by molar-refractivity contribution is 0.114. The van der Waals surface area contributed by atoms with E-state index in [0.29, 0.717) is 16.8 Å². The molecule has 1 unspecified atom stereocenters. The number of nitrogens with one attached hydrogen (secondary N) is 1. The number of benzene rings is 1. The van der Waals surface area contributed by atoms with Crippen LogP contribution in [0.3, 0.4) is 0 Å². The Kier molecular flexibility index (Phi) is 3.29. The predicted octanol–water partition coefficient (Wildman–Crippen LogP) is 2.48. The highest BCUT2D eigenvalue weighted by Crippen LogP contribution is 2.26. The molecule has 0 radical (unpaired) electrons. The summed E-state index contributed by atoms with van der Waals surface area (Å²) in [5, 5.41) is 4.38. The third-order valence-corrected chi connectivity index (χ3v) is 3.13. The van der Waals surface area contributed by atoms with Crippen molar-refractivity contribution >= 4 is 23.2 Å². The third kappa shape index (κ3) is 2.20. The van der Waals surface area contributed by atoms with E-state index in [4.69, 9.17) is 27.9 Å². The van der Waals surface area contributed by atoms with Gasteiger partial charge < -0.3 is 4.74 Å². The van der Waals surface area contributed by atoms with E-state index in [0.717, 1.165) is 18.5 Å². The van der Waals surface area contributed by atoms with Gasteiger partial charge in [-0.3, -0.25) is 5.32 Å². The van der Waals surface area contributed by atoms with E-state index in [1.54, 1.807) is 6.07 Å². The summed E-state index contributed by atoms with van der Waals surface area (Å²) >= 11 is 12.0. The van der Waals surface area contributed by atoms with Crippen molar-refractivity contribution < 1.29 is 4.74 Å². The van der Waals surface area contributed by atoms with Crippen molar-refractivity contribution in [3.05, 3.63) is 33.8 Å². The number of ether oxygens (including phenoxy) is 1. The van der Waals surface area contributed by atoms with Crippen LogP contribution >= 0.6 is 23.2 Å². The van der Waals surface area contributed by atoms with Crippen LogP contribution in [0.15, 0.2) is 18.2 Å². The van der Waals surface area contributed by atoms with Crippen molar-refractivity contribution in [2.75, 3.05) is 13.3 Å². The molecule has 2 nitrogen and oxygen atoms in total. The second-order valence-electron chi connectivity index (χ2n) is 3.30. The molecule has 1 atom stereocenters. The van der Waals surface area contributed by atoms with Gasteiger partial charge in [0.2, 0.25) is 0 Å². The molecule has 2 rings (SSSR count). The summed E-state index contributed by atoms with van der Waals surface area (Å²) in [6.45, 7) is 1.51. The van der Waals surface area contributed by atoms with E-state index >= 15 is 0 Å². The Morgan fingerprint density at radius 2 is 2.29 bits per heavy atom. The first-order chi connectivity index (χ1) is 6.77. The molecule has 0 amide bonds. The SMILES string of the molecule is Clc1cccc(CC2CNCO2)c1Cl. The molecule has 1 aliphatic rings. The van der Waals surface area contributed by atoms with E-state index in [1.807, 2.05) is 12.1 Å². The highest BCUT2D eigenvalue weighted by molar-refractivity contribution is 6.42. The molecule has 1 fully saturated rings. The first kappa shape index (κ1) is 10.2. The first-order valence-corrected chi connectivity index (χ1v) is 5.28. The van der Waals surface area contributed by atoms with Gasteiger partial charge >= 0.3 is 0 Å². The monoisotopic (exact) mass is 231 g/mol. The van der Waals surface area contributed by atoms with Gasteiger partial charge in [0.1, 0.15) is 0 Å². The average molecular weight is 232 g/mol. The van der Waals surface area contributed by atoms with E-state index in [9.17, 15) is 0 Å². The maximum absolute atomic E-state index is 6.06. The Morgan fingerprint density at radius 3 is 3.00 bits per heavy atom. The zero-order chi connectivity index (χ0) is 9.97. The van der Waals surface area contributed by atoms with Gasteiger partial charge in [-0.1, -0.05) is 35.3 Å². The molecule has 1 saturated heterocycles. The first-order valence-electron chi connectivity index (χ1n) is 4.52. The van der Waals surface area contributed by atoms with Crippen LogP contribution < -0.4 is 5.32 Å². The molecule has 1 aromatic rings. The van der Waals surface area contributed by atoms with Crippen LogP contribution in [0, 0.1) is 0 Å². The Bertz CT molecular complexity index is 324. The van der Waals surface area contributed by atoms with Gasteiger partial charge in [0.05, 0.1) is 22.9 Å². The fraction of sp³-hybridized carbons (Fsp3) is 0.400. The normalized spacial score (nSPS) is 21.4. The highest BCUT2D eigenvalue weighted by Gasteiger charge is 2.17. The molecule has 0 spiro atoms.